The number of hydrogen-bond acceptors (Lipinski definition) is 6. The first kappa shape index (κ1) is 16.6. The number of likely N-dealkylation sites (tertiary alicyclic amines) is 1. The molecule has 0 atom stereocenters. The van der Waals surface area contributed by atoms with Crippen LogP contribution in [0.1, 0.15) is 12.8 Å². The second kappa shape index (κ2) is 6.73. The lowest BCUT2D eigenvalue weighted by molar-refractivity contribution is 0.252. The molecule has 0 spiro atoms. The van der Waals surface area contributed by atoms with Gasteiger partial charge in [-0.25, -0.2) is 4.98 Å². The molecule has 0 aliphatic carbocycles. The normalized spacial score (nSPS) is 16.3. The SMILES string of the molecule is COc1cc(N)c2ccnc(N(C)C3CCN(C)CC3)c2c1OC. The van der Waals surface area contributed by atoms with Crippen LogP contribution in [0, 0.1) is 0 Å². The fraction of sp³-hybridized carbons (Fsp3) is 0.500. The van der Waals surface area contributed by atoms with Gasteiger partial charge in [0, 0.05) is 36.4 Å². The third-order valence-corrected chi connectivity index (χ3v) is 4.97. The molecule has 0 saturated carbocycles. The van der Waals surface area contributed by atoms with Gasteiger partial charge in [0.1, 0.15) is 5.82 Å². The number of fused-ring (bicyclic) bond motifs is 1. The zero-order valence-corrected chi connectivity index (χ0v) is 14.9. The molecule has 2 N–H and O–H groups in total. The molecule has 2 aromatic rings. The molecule has 0 amide bonds. The number of hydrogen-bond donors (Lipinski definition) is 1. The van der Waals surface area contributed by atoms with Gasteiger partial charge in [-0.3, -0.25) is 0 Å². The Kier molecular flexibility index (Phi) is 4.66. The number of piperidine rings is 1. The summed E-state index contributed by atoms with van der Waals surface area (Å²) in [5.74, 6) is 2.21. The van der Waals surface area contributed by atoms with Gasteiger partial charge in [0.05, 0.1) is 19.6 Å². The molecule has 130 valence electrons. The Labute approximate surface area is 143 Å². The molecular formula is C18H26N4O2. The van der Waals surface area contributed by atoms with E-state index in [1.165, 1.54) is 0 Å². The molecule has 24 heavy (non-hydrogen) atoms. The first-order valence-electron chi connectivity index (χ1n) is 8.27. The molecule has 1 fully saturated rings. The highest BCUT2D eigenvalue weighted by Crippen LogP contribution is 2.43. The van der Waals surface area contributed by atoms with Gasteiger partial charge in [0.25, 0.3) is 0 Å². The van der Waals surface area contributed by atoms with Gasteiger partial charge >= 0.3 is 0 Å². The van der Waals surface area contributed by atoms with E-state index in [-0.39, 0.29) is 0 Å². The summed E-state index contributed by atoms with van der Waals surface area (Å²) in [6.45, 7) is 2.20. The molecule has 6 heteroatoms. The third-order valence-electron chi connectivity index (χ3n) is 4.97. The van der Waals surface area contributed by atoms with Gasteiger partial charge < -0.3 is 25.0 Å². The molecule has 1 aliphatic rings. The van der Waals surface area contributed by atoms with Gasteiger partial charge in [-0.1, -0.05) is 0 Å². The second-order valence-corrected chi connectivity index (χ2v) is 6.40. The van der Waals surface area contributed by atoms with Gasteiger partial charge in [-0.15, -0.1) is 0 Å². The standard InChI is InChI=1S/C18H26N4O2/c1-21-9-6-12(7-10-21)22(2)18-16-13(5-8-20-18)14(19)11-15(23-3)17(16)24-4/h5,8,11-12H,6-7,9-10,19H2,1-4H3. The van der Waals surface area contributed by atoms with Crippen molar-refractivity contribution in [3.63, 3.8) is 0 Å². The number of nitrogens with two attached hydrogens (primary N) is 1. The first-order chi connectivity index (χ1) is 11.6. The maximum atomic E-state index is 6.23. The predicted molar refractivity (Wildman–Crippen MR) is 98.2 cm³/mol. The highest BCUT2D eigenvalue weighted by atomic mass is 16.5. The quantitative estimate of drug-likeness (QED) is 0.868. The number of ether oxygens (including phenoxy) is 2. The number of nitrogens with zero attached hydrogens (tertiary/aromatic N) is 3. The fourth-order valence-electron chi connectivity index (χ4n) is 3.50. The van der Waals surface area contributed by atoms with E-state index in [0.717, 1.165) is 42.5 Å². The lowest BCUT2D eigenvalue weighted by Gasteiger charge is -2.36. The van der Waals surface area contributed by atoms with E-state index in [2.05, 4.69) is 28.9 Å². The van der Waals surface area contributed by atoms with Crippen LogP contribution in [0.25, 0.3) is 10.8 Å². The largest absolute Gasteiger partial charge is 0.493 e. The van der Waals surface area contributed by atoms with Gasteiger partial charge in [-0.2, -0.15) is 0 Å². The molecule has 1 aliphatic heterocycles. The molecule has 1 aromatic carbocycles. The van der Waals surface area contributed by atoms with Gasteiger partial charge in [0.15, 0.2) is 11.5 Å². The molecular weight excluding hydrogens is 304 g/mol. The van der Waals surface area contributed by atoms with E-state index in [0.29, 0.717) is 23.2 Å². The minimum Gasteiger partial charge on any atom is -0.493 e. The summed E-state index contributed by atoms with van der Waals surface area (Å²) in [7, 11) is 7.55. The summed E-state index contributed by atoms with van der Waals surface area (Å²) < 4.78 is 11.1. The molecule has 0 radical (unpaired) electrons. The number of pyridine rings is 1. The summed E-state index contributed by atoms with van der Waals surface area (Å²) >= 11 is 0. The first-order valence-corrected chi connectivity index (χ1v) is 8.27. The Bertz CT molecular complexity index is 727. The number of nitrogen functional groups attached to an aromatic ring is 1. The van der Waals surface area contributed by atoms with Crippen LogP contribution in [-0.4, -0.2) is 57.3 Å². The molecule has 1 saturated heterocycles. The highest BCUT2D eigenvalue weighted by molar-refractivity contribution is 6.05. The number of anilines is 2. The van der Waals surface area contributed by atoms with Crippen molar-refractivity contribution in [3.05, 3.63) is 18.3 Å². The van der Waals surface area contributed by atoms with E-state index < -0.39 is 0 Å². The van der Waals surface area contributed by atoms with E-state index in [1.807, 2.05) is 12.3 Å². The van der Waals surface area contributed by atoms with Crippen molar-refractivity contribution in [2.45, 2.75) is 18.9 Å². The third kappa shape index (κ3) is 2.82. The van der Waals surface area contributed by atoms with Crippen LogP contribution < -0.4 is 20.1 Å². The lowest BCUT2D eigenvalue weighted by atomic mass is 10.0. The van der Waals surface area contributed by atoms with Crippen LogP contribution in [0.15, 0.2) is 18.3 Å². The van der Waals surface area contributed by atoms with Crippen LogP contribution in [0.5, 0.6) is 11.5 Å². The van der Waals surface area contributed by atoms with Crippen LogP contribution in [0.4, 0.5) is 11.5 Å². The average molecular weight is 330 g/mol. The van der Waals surface area contributed by atoms with Crippen molar-refractivity contribution in [2.24, 2.45) is 0 Å². The number of rotatable bonds is 4. The topological polar surface area (TPSA) is 63.9 Å². The maximum Gasteiger partial charge on any atom is 0.172 e. The molecule has 0 bridgehead atoms. The van der Waals surface area contributed by atoms with Crippen molar-refractivity contribution < 1.29 is 9.47 Å². The van der Waals surface area contributed by atoms with Crippen molar-refractivity contribution in [3.8, 4) is 11.5 Å². The minimum absolute atomic E-state index is 0.455. The average Bonchev–Trinajstić information content (AvgIpc) is 2.61. The Morgan fingerprint density at radius 3 is 2.58 bits per heavy atom. The van der Waals surface area contributed by atoms with Crippen molar-refractivity contribution in [1.82, 2.24) is 9.88 Å². The zero-order chi connectivity index (χ0) is 17.3. The Morgan fingerprint density at radius 1 is 1.25 bits per heavy atom. The summed E-state index contributed by atoms with van der Waals surface area (Å²) in [4.78, 5) is 9.27. The molecule has 6 nitrogen and oxygen atoms in total. The Morgan fingerprint density at radius 2 is 1.96 bits per heavy atom. The van der Waals surface area contributed by atoms with E-state index in [9.17, 15) is 0 Å². The monoisotopic (exact) mass is 330 g/mol. The Balaban J connectivity index is 2.12. The van der Waals surface area contributed by atoms with E-state index in [1.54, 1.807) is 20.3 Å². The predicted octanol–water partition coefficient (Wildman–Crippen LogP) is 2.36. The van der Waals surface area contributed by atoms with Gasteiger partial charge in [-0.05, 0) is 39.0 Å². The zero-order valence-electron chi connectivity index (χ0n) is 14.9. The van der Waals surface area contributed by atoms with Crippen LogP contribution in [-0.2, 0) is 0 Å². The summed E-state index contributed by atoms with van der Waals surface area (Å²) in [5, 5.41) is 1.86. The van der Waals surface area contributed by atoms with Gasteiger partial charge in [0.2, 0.25) is 0 Å². The van der Waals surface area contributed by atoms with E-state index >= 15 is 0 Å². The molecule has 1 aromatic heterocycles. The second-order valence-electron chi connectivity index (χ2n) is 6.40. The number of benzene rings is 1. The van der Waals surface area contributed by atoms with Crippen molar-refractivity contribution in [1.29, 1.82) is 0 Å². The molecule has 3 rings (SSSR count). The maximum absolute atomic E-state index is 6.23. The summed E-state index contributed by atoms with van der Waals surface area (Å²) in [6.07, 6.45) is 4.05. The van der Waals surface area contributed by atoms with Crippen LogP contribution in [0.2, 0.25) is 0 Å². The van der Waals surface area contributed by atoms with Crippen molar-refractivity contribution in [2.75, 3.05) is 52.0 Å². The molecule has 2 heterocycles. The fourth-order valence-corrected chi connectivity index (χ4v) is 3.50. The highest BCUT2D eigenvalue weighted by Gasteiger charge is 2.25. The molecule has 0 unspecified atom stereocenters. The Hall–Kier alpha value is -2.21. The minimum atomic E-state index is 0.455. The smallest absolute Gasteiger partial charge is 0.172 e. The van der Waals surface area contributed by atoms with Crippen LogP contribution in [0.3, 0.4) is 0 Å². The van der Waals surface area contributed by atoms with Crippen molar-refractivity contribution >= 4 is 22.3 Å². The summed E-state index contributed by atoms with van der Waals surface area (Å²) in [6, 6.07) is 4.19. The van der Waals surface area contributed by atoms with Crippen LogP contribution >= 0.6 is 0 Å². The number of aromatic nitrogens is 1. The summed E-state index contributed by atoms with van der Waals surface area (Å²) in [5.41, 5.74) is 6.90. The van der Waals surface area contributed by atoms with E-state index in [4.69, 9.17) is 15.2 Å². The number of methoxy groups -OCH3 is 2. The lowest BCUT2D eigenvalue weighted by Crippen LogP contribution is -2.42.